The molecule has 0 fully saturated rings. The molecule has 0 bridgehead atoms. The van der Waals surface area contributed by atoms with Crippen LogP contribution in [-0.2, 0) is 19.4 Å². The topological polar surface area (TPSA) is 81.7 Å². The Morgan fingerprint density at radius 1 is 0.930 bits per heavy atom. The minimum atomic E-state index is -1.08. The van der Waals surface area contributed by atoms with Gasteiger partial charge in [-0.05, 0) is 85.2 Å². The van der Waals surface area contributed by atoms with Gasteiger partial charge in [0.25, 0.3) is 11.8 Å². The van der Waals surface area contributed by atoms with Crippen molar-refractivity contribution in [1.29, 1.82) is 0 Å². The number of halogens is 2. The maximum Gasteiger partial charge on any atom is 0.253 e. The van der Waals surface area contributed by atoms with Gasteiger partial charge in [-0.15, -0.1) is 6.58 Å². The van der Waals surface area contributed by atoms with E-state index in [0.29, 0.717) is 30.8 Å². The van der Waals surface area contributed by atoms with Crippen molar-refractivity contribution in [2.24, 2.45) is 0 Å². The van der Waals surface area contributed by atoms with Crippen LogP contribution in [0.4, 0.5) is 8.78 Å². The van der Waals surface area contributed by atoms with Crippen LogP contribution in [-0.4, -0.2) is 53.6 Å². The SMILES string of the molecule is C=CCc1cccc(CNC[C@@H](O)[C@H](Cc2cc(F)cc(F)c2)NC(=O)c2cc(C)cc(C(=O)N(CCC)CCC)c2)c1. The fourth-order valence-electron chi connectivity index (χ4n) is 5.13. The Morgan fingerprint density at radius 3 is 2.23 bits per heavy atom. The summed E-state index contributed by atoms with van der Waals surface area (Å²) in [5.74, 6) is -2.11. The fourth-order valence-corrected chi connectivity index (χ4v) is 5.13. The van der Waals surface area contributed by atoms with Crippen LogP contribution in [0.1, 0.15) is 69.7 Å². The minimum Gasteiger partial charge on any atom is -0.390 e. The zero-order valence-corrected chi connectivity index (χ0v) is 25.3. The van der Waals surface area contributed by atoms with Crippen LogP contribution < -0.4 is 10.6 Å². The van der Waals surface area contributed by atoms with Gasteiger partial charge in [-0.25, -0.2) is 8.78 Å². The molecule has 3 aromatic carbocycles. The highest BCUT2D eigenvalue weighted by Crippen LogP contribution is 2.16. The van der Waals surface area contributed by atoms with E-state index >= 15 is 0 Å². The quantitative estimate of drug-likeness (QED) is 0.185. The summed E-state index contributed by atoms with van der Waals surface area (Å²) in [6.45, 7) is 11.4. The highest BCUT2D eigenvalue weighted by atomic mass is 19.1. The van der Waals surface area contributed by atoms with Crippen molar-refractivity contribution in [3.05, 3.63) is 118 Å². The Kier molecular flexibility index (Phi) is 13.0. The number of nitrogens with zero attached hydrogens (tertiary/aromatic N) is 1. The normalized spacial score (nSPS) is 12.4. The number of hydrogen-bond donors (Lipinski definition) is 3. The van der Waals surface area contributed by atoms with Gasteiger partial charge in [0.2, 0.25) is 0 Å². The van der Waals surface area contributed by atoms with Gasteiger partial charge in [-0.2, -0.15) is 0 Å². The zero-order valence-electron chi connectivity index (χ0n) is 25.3. The van der Waals surface area contributed by atoms with Gasteiger partial charge in [0, 0.05) is 43.4 Å². The Hall–Kier alpha value is -3.88. The van der Waals surface area contributed by atoms with Gasteiger partial charge < -0.3 is 20.6 Å². The largest absolute Gasteiger partial charge is 0.390 e. The second-order valence-corrected chi connectivity index (χ2v) is 11.0. The number of allylic oxidation sites excluding steroid dienone is 1. The summed E-state index contributed by atoms with van der Waals surface area (Å²) in [7, 11) is 0. The van der Waals surface area contributed by atoms with E-state index in [4.69, 9.17) is 0 Å². The molecule has 2 atom stereocenters. The molecule has 0 saturated carbocycles. The van der Waals surface area contributed by atoms with Crippen molar-refractivity contribution in [3.63, 3.8) is 0 Å². The third-order valence-electron chi connectivity index (χ3n) is 7.07. The monoisotopic (exact) mass is 591 g/mol. The molecule has 230 valence electrons. The lowest BCUT2D eigenvalue weighted by Gasteiger charge is -2.25. The molecule has 0 aliphatic heterocycles. The van der Waals surface area contributed by atoms with Crippen LogP contribution in [0.15, 0.2) is 73.3 Å². The number of rotatable bonds is 16. The molecule has 0 saturated heterocycles. The molecule has 0 heterocycles. The Balaban J connectivity index is 1.80. The van der Waals surface area contributed by atoms with E-state index in [1.54, 1.807) is 23.1 Å². The van der Waals surface area contributed by atoms with E-state index in [1.807, 2.05) is 45.0 Å². The molecular formula is C35H43F2N3O3. The number of aliphatic hydroxyl groups excluding tert-OH is 1. The molecule has 2 amide bonds. The first-order chi connectivity index (χ1) is 20.6. The second kappa shape index (κ2) is 16.7. The lowest BCUT2D eigenvalue weighted by atomic mass is 9.99. The van der Waals surface area contributed by atoms with Crippen molar-refractivity contribution in [2.75, 3.05) is 19.6 Å². The first-order valence-corrected chi connectivity index (χ1v) is 14.9. The standard InChI is InChI=1S/C35H43F2N3O3/c1-5-9-25-10-8-11-26(16-25)22-38-23-33(41)32(19-27-17-30(36)21-31(37)18-27)39-34(42)28-14-24(4)15-29(20-28)35(43)40(12-6-2)13-7-3/h5,8,10-11,14-18,20-21,32-33,38,41H,1,6-7,9,12-13,19,22-23H2,2-4H3,(H,39,42)/t32-,33+/m0/s1. The summed E-state index contributed by atoms with van der Waals surface area (Å²) >= 11 is 0. The van der Waals surface area contributed by atoms with E-state index in [-0.39, 0.29) is 24.4 Å². The van der Waals surface area contributed by atoms with Crippen molar-refractivity contribution < 1.29 is 23.5 Å². The number of aryl methyl sites for hydroxylation is 1. The number of aliphatic hydroxyl groups is 1. The van der Waals surface area contributed by atoms with E-state index in [9.17, 15) is 23.5 Å². The fraction of sp³-hybridized carbons (Fsp3) is 0.371. The highest BCUT2D eigenvalue weighted by molar-refractivity contribution is 6.00. The van der Waals surface area contributed by atoms with Crippen LogP contribution in [0.25, 0.3) is 0 Å². The molecule has 0 spiro atoms. The number of carbonyl (C=O) groups is 2. The highest BCUT2D eigenvalue weighted by Gasteiger charge is 2.24. The molecule has 3 rings (SSSR count). The summed E-state index contributed by atoms with van der Waals surface area (Å²) in [5.41, 5.74) is 3.87. The predicted octanol–water partition coefficient (Wildman–Crippen LogP) is 5.76. The third kappa shape index (κ3) is 10.4. The Morgan fingerprint density at radius 2 is 1.58 bits per heavy atom. The molecule has 43 heavy (non-hydrogen) atoms. The zero-order chi connectivity index (χ0) is 31.4. The smallest absolute Gasteiger partial charge is 0.253 e. The van der Waals surface area contributed by atoms with E-state index in [0.717, 1.165) is 42.0 Å². The lowest BCUT2D eigenvalue weighted by Crippen LogP contribution is -2.48. The van der Waals surface area contributed by atoms with Gasteiger partial charge in [0.15, 0.2) is 0 Å². The molecular weight excluding hydrogens is 548 g/mol. The summed E-state index contributed by atoms with van der Waals surface area (Å²) < 4.78 is 28.0. The number of hydrogen-bond acceptors (Lipinski definition) is 4. The van der Waals surface area contributed by atoms with Crippen LogP contribution in [0, 0.1) is 18.6 Å². The summed E-state index contributed by atoms with van der Waals surface area (Å²) in [4.78, 5) is 28.5. The van der Waals surface area contributed by atoms with Crippen LogP contribution in [0.3, 0.4) is 0 Å². The van der Waals surface area contributed by atoms with Gasteiger partial charge in [-0.3, -0.25) is 9.59 Å². The van der Waals surface area contributed by atoms with Crippen molar-refractivity contribution in [1.82, 2.24) is 15.5 Å². The number of nitrogens with one attached hydrogen (secondary N) is 2. The molecule has 3 N–H and O–H groups in total. The van der Waals surface area contributed by atoms with Crippen molar-refractivity contribution >= 4 is 11.8 Å². The van der Waals surface area contributed by atoms with Gasteiger partial charge >= 0.3 is 0 Å². The minimum absolute atomic E-state index is 0.00350. The van der Waals surface area contributed by atoms with Crippen LogP contribution >= 0.6 is 0 Å². The molecule has 0 aliphatic rings. The molecule has 3 aromatic rings. The maximum atomic E-state index is 14.0. The predicted molar refractivity (Wildman–Crippen MR) is 167 cm³/mol. The number of carbonyl (C=O) groups excluding carboxylic acids is 2. The van der Waals surface area contributed by atoms with Crippen LogP contribution in [0.2, 0.25) is 0 Å². The van der Waals surface area contributed by atoms with Gasteiger partial charge in [0.1, 0.15) is 11.6 Å². The summed E-state index contributed by atoms with van der Waals surface area (Å²) in [6, 6.07) is 15.3. The molecule has 0 radical (unpaired) electrons. The van der Waals surface area contributed by atoms with E-state index < -0.39 is 29.7 Å². The summed E-state index contributed by atoms with van der Waals surface area (Å²) in [6.07, 6.45) is 3.13. The maximum absolute atomic E-state index is 14.0. The van der Waals surface area contributed by atoms with Crippen molar-refractivity contribution in [3.8, 4) is 0 Å². The first-order valence-electron chi connectivity index (χ1n) is 14.9. The molecule has 0 aromatic heterocycles. The molecule has 6 nitrogen and oxygen atoms in total. The van der Waals surface area contributed by atoms with Crippen LogP contribution in [0.5, 0.6) is 0 Å². The van der Waals surface area contributed by atoms with E-state index in [2.05, 4.69) is 23.3 Å². The average Bonchev–Trinajstić information content (AvgIpc) is 2.96. The number of benzene rings is 3. The lowest BCUT2D eigenvalue weighted by molar-refractivity contribution is 0.0755. The second-order valence-electron chi connectivity index (χ2n) is 11.0. The Labute approximate surface area is 253 Å². The summed E-state index contributed by atoms with van der Waals surface area (Å²) in [5, 5.41) is 17.2. The Bertz CT molecular complexity index is 1370. The molecule has 8 heteroatoms. The van der Waals surface area contributed by atoms with E-state index in [1.165, 1.54) is 12.1 Å². The third-order valence-corrected chi connectivity index (χ3v) is 7.07. The average molecular weight is 592 g/mol. The van der Waals surface area contributed by atoms with Gasteiger partial charge in [0.05, 0.1) is 12.1 Å². The first kappa shape index (κ1) is 33.6. The van der Waals surface area contributed by atoms with Crippen molar-refractivity contribution in [2.45, 2.75) is 65.1 Å². The van der Waals surface area contributed by atoms with Gasteiger partial charge in [-0.1, -0.05) is 44.2 Å². The molecule has 0 aliphatic carbocycles. The molecule has 0 unspecified atom stereocenters. The number of amides is 2.